The van der Waals surface area contributed by atoms with E-state index in [2.05, 4.69) is 5.16 Å². The van der Waals surface area contributed by atoms with E-state index in [1.165, 1.54) is 18.2 Å². The van der Waals surface area contributed by atoms with Gasteiger partial charge in [0.15, 0.2) is 5.75 Å². The van der Waals surface area contributed by atoms with Crippen LogP contribution in [0.4, 0.5) is 0 Å². The van der Waals surface area contributed by atoms with Crippen LogP contribution >= 0.6 is 46.4 Å². The number of aromatic hydroxyl groups is 1. The lowest BCUT2D eigenvalue weighted by molar-refractivity contribution is 0.156. The van der Waals surface area contributed by atoms with Crippen molar-refractivity contribution in [1.82, 2.24) is 0 Å². The number of unbranched alkanes of at least 4 members (excludes halogenated alkanes) is 1. The number of ether oxygens (including phenoxy) is 2. The fourth-order valence-electron chi connectivity index (χ4n) is 1.54. The molecule has 0 fully saturated rings. The molecule has 1 aromatic carbocycles. The third-order valence-electron chi connectivity index (χ3n) is 2.58. The summed E-state index contributed by atoms with van der Waals surface area (Å²) in [6.07, 6.45) is 2.94. The molecule has 24 heavy (non-hydrogen) atoms. The van der Waals surface area contributed by atoms with Gasteiger partial charge in [-0.2, -0.15) is 0 Å². The van der Waals surface area contributed by atoms with Crippen molar-refractivity contribution in [3.8, 4) is 11.5 Å². The van der Waals surface area contributed by atoms with Crippen LogP contribution in [0.1, 0.15) is 19.8 Å². The molecule has 0 unspecified atom stereocenters. The molecule has 9 heteroatoms. The molecule has 1 aromatic rings. The van der Waals surface area contributed by atoms with E-state index >= 15 is 0 Å². The van der Waals surface area contributed by atoms with E-state index in [0.717, 1.165) is 12.8 Å². The minimum atomic E-state index is -0.00783. The van der Waals surface area contributed by atoms with Crippen molar-refractivity contribution in [3.05, 3.63) is 32.7 Å². The predicted octanol–water partition coefficient (Wildman–Crippen LogP) is 5.54. The summed E-state index contributed by atoms with van der Waals surface area (Å²) in [5.74, 6) is 0.750. The monoisotopic (exact) mass is 415 g/mol. The third kappa shape index (κ3) is 8.73. The summed E-state index contributed by atoms with van der Waals surface area (Å²) in [6, 6.07) is 2.75. The minimum Gasteiger partial charge on any atom is -0.508 e. The second kappa shape index (κ2) is 11.5. The van der Waals surface area contributed by atoms with Crippen molar-refractivity contribution in [3.63, 3.8) is 0 Å². The molecule has 0 aliphatic carbocycles. The number of phenolic OH excluding ortho intramolecular Hbond substituents is 1. The van der Waals surface area contributed by atoms with Crippen LogP contribution in [-0.2, 0) is 9.57 Å². The first-order chi connectivity index (χ1) is 11.4. The molecule has 0 aromatic heterocycles. The summed E-state index contributed by atoms with van der Waals surface area (Å²) in [4.78, 5) is 4.92. The van der Waals surface area contributed by atoms with Crippen molar-refractivity contribution >= 4 is 52.3 Å². The van der Waals surface area contributed by atoms with Crippen LogP contribution < -0.4 is 4.74 Å². The Balaban J connectivity index is 2.18. The van der Waals surface area contributed by atoms with Gasteiger partial charge in [-0.15, -0.1) is 0 Å². The molecular weight excluding hydrogens is 400 g/mol. The summed E-state index contributed by atoms with van der Waals surface area (Å²) in [6.45, 7) is 2.73. The molecule has 0 heterocycles. The Hall–Kier alpha value is -1.01. The average Bonchev–Trinajstić information content (AvgIpc) is 2.49. The number of halogens is 4. The Morgan fingerprint density at radius 1 is 1.17 bits per heavy atom. The summed E-state index contributed by atoms with van der Waals surface area (Å²) in [7, 11) is 0. The quantitative estimate of drug-likeness (QED) is 0.248. The van der Waals surface area contributed by atoms with E-state index < -0.39 is 0 Å². The van der Waals surface area contributed by atoms with Crippen molar-refractivity contribution in [2.24, 2.45) is 5.16 Å². The van der Waals surface area contributed by atoms with Crippen LogP contribution in [-0.4, -0.2) is 30.8 Å². The van der Waals surface area contributed by atoms with Crippen molar-refractivity contribution in [2.45, 2.75) is 19.8 Å². The van der Waals surface area contributed by atoms with E-state index in [9.17, 15) is 5.11 Å². The van der Waals surface area contributed by atoms with Crippen molar-refractivity contribution in [1.29, 1.82) is 0 Å². The number of hydrogen-bond donors (Lipinski definition) is 1. The number of benzene rings is 1. The molecule has 1 rings (SSSR count). The lowest BCUT2D eigenvalue weighted by Gasteiger charge is -2.10. The normalized spacial score (nSPS) is 11.1. The summed E-state index contributed by atoms with van der Waals surface area (Å²) < 4.78 is 11.0. The van der Waals surface area contributed by atoms with Crippen molar-refractivity contribution < 1.29 is 19.4 Å². The molecule has 5 nitrogen and oxygen atoms in total. The summed E-state index contributed by atoms with van der Waals surface area (Å²) >= 11 is 22.7. The molecule has 0 amide bonds. The molecule has 0 bridgehead atoms. The Morgan fingerprint density at radius 3 is 2.42 bits per heavy atom. The molecule has 0 radical (unpaired) electrons. The topological polar surface area (TPSA) is 60.3 Å². The van der Waals surface area contributed by atoms with Gasteiger partial charge in [-0.05, 0) is 18.9 Å². The number of oxime groups is 1. The fraction of sp³-hybridized carbons (Fsp3) is 0.400. The van der Waals surface area contributed by atoms with Gasteiger partial charge in [-0.25, -0.2) is 0 Å². The highest BCUT2D eigenvalue weighted by atomic mass is 35.5. The van der Waals surface area contributed by atoms with Crippen LogP contribution in [0.2, 0.25) is 10.0 Å². The first-order valence-corrected chi connectivity index (χ1v) is 8.52. The van der Waals surface area contributed by atoms with Crippen LogP contribution in [0.25, 0.3) is 0 Å². The first-order valence-electron chi connectivity index (χ1n) is 7.01. The van der Waals surface area contributed by atoms with Crippen molar-refractivity contribution in [2.75, 3.05) is 19.8 Å². The Labute approximate surface area is 160 Å². The van der Waals surface area contributed by atoms with E-state index in [0.29, 0.717) is 24.9 Å². The molecule has 0 aliphatic rings. The van der Waals surface area contributed by atoms with E-state index in [4.69, 9.17) is 60.7 Å². The van der Waals surface area contributed by atoms with Gasteiger partial charge in [0.1, 0.15) is 16.8 Å². The predicted molar refractivity (Wildman–Crippen MR) is 97.7 cm³/mol. The van der Waals surface area contributed by atoms with Crippen LogP contribution in [0.5, 0.6) is 11.5 Å². The third-order valence-corrected chi connectivity index (χ3v) is 3.45. The number of nitrogens with zero attached hydrogens (tertiary/aromatic N) is 1. The maximum atomic E-state index is 9.34. The number of phenols is 1. The van der Waals surface area contributed by atoms with Gasteiger partial charge < -0.3 is 19.4 Å². The summed E-state index contributed by atoms with van der Waals surface area (Å²) in [5, 5.41) is 13.6. The van der Waals surface area contributed by atoms with Crippen LogP contribution in [0.3, 0.4) is 0 Å². The smallest absolute Gasteiger partial charge is 0.222 e. The minimum absolute atomic E-state index is 0.00783. The van der Waals surface area contributed by atoms with Gasteiger partial charge in [-0.3, -0.25) is 0 Å². The molecule has 134 valence electrons. The second-order valence-corrected chi connectivity index (χ2v) is 6.36. The standard InChI is InChI=1S/C15H17Cl4NO4/c1-10(20-24-7-4-14(18)19)22-5-2-3-6-23-15-12(16)8-11(21)9-13(15)17/h4,8-9,21H,2-3,5-7H2,1H3. The molecule has 0 aliphatic heterocycles. The zero-order valence-electron chi connectivity index (χ0n) is 12.9. The first kappa shape index (κ1) is 21.0. The van der Waals surface area contributed by atoms with E-state index in [-0.39, 0.29) is 26.9 Å². The molecule has 0 saturated heterocycles. The Bertz CT molecular complexity index is 566. The molecule has 0 saturated carbocycles. The molecule has 0 atom stereocenters. The Kier molecular flexibility index (Phi) is 10.1. The molecular formula is C15H17Cl4NO4. The average molecular weight is 417 g/mol. The molecule has 1 N–H and O–H groups in total. The maximum absolute atomic E-state index is 9.34. The van der Waals surface area contributed by atoms with Gasteiger partial charge in [0.2, 0.25) is 5.90 Å². The SMILES string of the molecule is CC(=NOCC=C(Cl)Cl)OCCCCOc1c(Cl)cc(O)cc1Cl. The largest absolute Gasteiger partial charge is 0.508 e. The highest BCUT2D eigenvalue weighted by molar-refractivity contribution is 6.55. The molecule has 0 spiro atoms. The van der Waals surface area contributed by atoms with E-state index in [1.807, 2.05) is 0 Å². The highest BCUT2D eigenvalue weighted by Gasteiger charge is 2.09. The van der Waals surface area contributed by atoms with Crippen LogP contribution in [0, 0.1) is 0 Å². The zero-order chi connectivity index (χ0) is 17.9. The number of rotatable bonds is 9. The fourth-order valence-corrected chi connectivity index (χ4v) is 2.25. The zero-order valence-corrected chi connectivity index (χ0v) is 15.9. The lowest BCUT2D eigenvalue weighted by atomic mass is 10.3. The van der Waals surface area contributed by atoms with Gasteiger partial charge in [-0.1, -0.05) is 51.6 Å². The van der Waals surface area contributed by atoms with Gasteiger partial charge >= 0.3 is 0 Å². The highest BCUT2D eigenvalue weighted by Crippen LogP contribution is 2.36. The van der Waals surface area contributed by atoms with Gasteiger partial charge in [0.25, 0.3) is 0 Å². The van der Waals surface area contributed by atoms with Gasteiger partial charge in [0.05, 0.1) is 23.3 Å². The summed E-state index contributed by atoms with van der Waals surface area (Å²) in [5.41, 5.74) is 0. The van der Waals surface area contributed by atoms with Gasteiger partial charge in [0, 0.05) is 19.1 Å². The maximum Gasteiger partial charge on any atom is 0.222 e. The lowest BCUT2D eigenvalue weighted by Crippen LogP contribution is -2.05. The second-order valence-electron chi connectivity index (χ2n) is 4.54. The van der Waals surface area contributed by atoms with Crippen LogP contribution in [0.15, 0.2) is 27.9 Å². The van der Waals surface area contributed by atoms with E-state index in [1.54, 1.807) is 6.92 Å². The Morgan fingerprint density at radius 2 is 1.79 bits per heavy atom. The number of hydrogen-bond acceptors (Lipinski definition) is 5.